The summed E-state index contributed by atoms with van der Waals surface area (Å²) in [4.78, 5) is 5.20. The molecule has 2 rings (SSSR count). The minimum atomic E-state index is 0.0426. The molecule has 0 aliphatic rings. The molecular weight excluding hydrogens is 196 g/mol. The van der Waals surface area contributed by atoms with E-state index in [0.29, 0.717) is 0 Å². The van der Waals surface area contributed by atoms with E-state index in [9.17, 15) is 5.11 Å². The lowest BCUT2D eigenvalue weighted by molar-refractivity contribution is 0.275. The third-order valence-corrected chi connectivity index (χ3v) is 3.09. The lowest BCUT2D eigenvalue weighted by Crippen LogP contribution is -2.14. The molecule has 0 saturated heterocycles. The molecule has 3 nitrogen and oxygen atoms in total. The van der Waals surface area contributed by atoms with E-state index in [1.54, 1.807) is 17.5 Å². The number of fused-ring (bicyclic) bond motifs is 1. The first kappa shape index (κ1) is 9.68. The van der Waals surface area contributed by atoms with Crippen molar-refractivity contribution < 1.29 is 5.11 Å². The summed E-state index contributed by atoms with van der Waals surface area (Å²) < 4.78 is 2.05. The third-order valence-electron chi connectivity index (χ3n) is 2.25. The molecule has 2 aromatic heterocycles. The lowest BCUT2D eigenvalue weighted by atomic mass is 9.93. The lowest BCUT2D eigenvalue weighted by Gasteiger charge is -2.17. The summed E-state index contributed by atoms with van der Waals surface area (Å²) in [6, 6.07) is 0. The highest BCUT2D eigenvalue weighted by Gasteiger charge is 2.20. The van der Waals surface area contributed by atoms with Gasteiger partial charge in [-0.25, -0.2) is 4.98 Å². The summed E-state index contributed by atoms with van der Waals surface area (Å²) in [6.07, 6.45) is 1.74. The van der Waals surface area contributed by atoms with E-state index < -0.39 is 0 Å². The van der Waals surface area contributed by atoms with Crippen molar-refractivity contribution in [1.29, 1.82) is 0 Å². The Labute approximate surface area is 87.0 Å². The zero-order chi connectivity index (χ0) is 10.3. The molecule has 14 heavy (non-hydrogen) atoms. The highest BCUT2D eigenvalue weighted by Crippen LogP contribution is 2.28. The normalized spacial score (nSPS) is 12.6. The van der Waals surface area contributed by atoms with Gasteiger partial charge in [0.1, 0.15) is 0 Å². The average Bonchev–Trinajstić information content (AvgIpc) is 2.59. The first-order chi connectivity index (χ1) is 6.54. The molecule has 0 amide bonds. The quantitative estimate of drug-likeness (QED) is 0.783. The predicted octanol–water partition coefficient (Wildman–Crippen LogP) is 2.19. The minimum Gasteiger partial charge on any atom is -0.390 e. The maximum Gasteiger partial charge on any atom is 0.194 e. The third kappa shape index (κ3) is 1.35. The smallest absolute Gasteiger partial charge is 0.194 e. The maximum absolute atomic E-state index is 9.18. The number of aromatic nitrogens is 2. The molecule has 0 atom stereocenters. The number of thiazole rings is 1. The zero-order valence-corrected chi connectivity index (χ0v) is 9.43. The van der Waals surface area contributed by atoms with E-state index >= 15 is 0 Å². The van der Waals surface area contributed by atoms with Crippen LogP contribution in [0.3, 0.4) is 0 Å². The van der Waals surface area contributed by atoms with Crippen LogP contribution in [0.4, 0.5) is 0 Å². The second kappa shape index (κ2) is 3.07. The van der Waals surface area contributed by atoms with Gasteiger partial charge < -0.3 is 5.11 Å². The van der Waals surface area contributed by atoms with Gasteiger partial charge in [0.05, 0.1) is 18.5 Å². The van der Waals surface area contributed by atoms with Crippen molar-refractivity contribution in [3.8, 4) is 0 Å². The van der Waals surface area contributed by atoms with Crippen molar-refractivity contribution in [3.63, 3.8) is 0 Å². The number of rotatable bonds is 1. The molecule has 0 aromatic carbocycles. The van der Waals surface area contributed by atoms with Gasteiger partial charge in [-0.1, -0.05) is 20.8 Å². The Morgan fingerprint density at radius 3 is 2.79 bits per heavy atom. The molecule has 0 unspecified atom stereocenters. The van der Waals surface area contributed by atoms with Crippen LogP contribution in [0.15, 0.2) is 11.6 Å². The highest BCUT2D eigenvalue weighted by atomic mass is 32.1. The number of hydrogen-bond donors (Lipinski definition) is 1. The summed E-state index contributed by atoms with van der Waals surface area (Å²) in [5, 5.41) is 11.3. The fourth-order valence-electron chi connectivity index (χ4n) is 1.49. The molecule has 0 fully saturated rings. The van der Waals surface area contributed by atoms with Crippen molar-refractivity contribution in [3.05, 3.63) is 23.0 Å². The van der Waals surface area contributed by atoms with E-state index in [4.69, 9.17) is 0 Å². The van der Waals surface area contributed by atoms with E-state index in [0.717, 1.165) is 10.7 Å². The standard InChI is InChI=1S/C10H14N2OS/c1-10(2,3)8-6-14-9-11-4-7(5-13)12(8)9/h4,6,13H,5H2,1-3H3. The summed E-state index contributed by atoms with van der Waals surface area (Å²) in [5.74, 6) is 0. The highest BCUT2D eigenvalue weighted by molar-refractivity contribution is 7.15. The van der Waals surface area contributed by atoms with Gasteiger partial charge in [0, 0.05) is 16.5 Å². The first-order valence-corrected chi connectivity index (χ1v) is 5.47. The van der Waals surface area contributed by atoms with Gasteiger partial charge in [-0.15, -0.1) is 11.3 Å². The Balaban J connectivity index is 2.71. The van der Waals surface area contributed by atoms with E-state index in [-0.39, 0.29) is 12.0 Å². The molecule has 0 aliphatic carbocycles. The largest absolute Gasteiger partial charge is 0.390 e. The van der Waals surface area contributed by atoms with Crippen molar-refractivity contribution in [1.82, 2.24) is 9.38 Å². The molecule has 0 spiro atoms. The zero-order valence-electron chi connectivity index (χ0n) is 8.61. The van der Waals surface area contributed by atoms with Crippen molar-refractivity contribution in [2.45, 2.75) is 32.8 Å². The summed E-state index contributed by atoms with van der Waals surface area (Å²) in [6.45, 7) is 6.53. The van der Waals surface area contributed by atoms with E-state index in [2.05, 4.69) is 31.1 Å². The second-order valence-electron chi connectivity index (χ2n) is 4.40. The van der Waals surface area contributed by atoms with Gasteiger partial charge in [0.2, 0.25) is 0 Å². The fourth-order valence-corrected chi connectivity index (χ4v) is 2.60. The Bertz CT molecular complexity index is 450. The van der Waals surface area contributed by atoms with Crippen molar-refractivity contribution in [2.75, 3.05) is 0 Å². The number of hydrogen-bond acceptors (Lipinski definition) is 3. The van der Waals surface area contributed by atoms with Crippen LogP contribution >= 0.6 is 11.3 Å². The molecule has 4 heteroatoms. The van der Waals surface area contributed by atoms with Gasteiger partial charge in [-0.2, -0.15) is 0 Å². The van der Waals surface area contributed by atoms with Crippen LogP contribution in [-0.4, -0.2) is 14.5 Å². The monoisotopic (exact) mass is 210 g/mol. The van der Waals surface area contributed by atoms with Gasteiger partial charge in [0.15, 0.2) is 4.96 Å². The summed E-state index contributed by atoms with van der Waals surface area (Å²) in [7, 11) is 0. The number of aliphatic hydroxyl groups excluding tert-OH is 1. The van der Waals surface area contributed by atoms with Crippen LogP contribution in [0.25, 0.3) is 4.96 Å². The molecule has 1 N–H and O–H groups in total. The number of aliphatic hydroxyl groups is 1. The Kier molecular flexibility index (Phi) is 2.12. The first-order valence-electron chi connectivity index (χ1n) is 4.59. The van der Waals surface area contributed by atoms with E-state index in [1.165, 1.54) is 5.69 Å². The average molecular weight is 210 g/mol. The SMILES string of the molecule is CC(C)(C)c1csc2ncc(CO)n12. The fraction of sp³-hybridized carbons (Fsp3) is 0.500. The number of imidazole rings is 1. The van der Waals surface area contributed by atoms with Crippen LogP contribution in [0.2, 0.25) is 0 Å². The Hall–Kier alpha value is -0.870. The Morgan fingerprint density at radius 2 is 2.21 bits per heavy atom. The summed E-state index contributed by atoms with van der Waals surface area (Å²) in [5.41, 5.74) is 2.16. The molecule has 0 saturated carbocycles. The Morgan fingerprint density at radius 1 is 1.50 bits per heavy atom. The van der Waals surface area contributed by atoms with Crippen molar-refractivity contribution in [2.24, 2.45) is 0 Å². The molecule has 2 aromatic rings. The van der Waals surface area contributed by atoms with Crippen LogP contribution in [0, 0.1) is 0 Å². The van der Waals surface area contributed by atoms with Gasteiger partial charge >= 0.3 is 0 Å². The molecule has 76 valence electrons. The second-order valence-corrected chi connectivity index (χ2v) is 5.23. The van der Waals surface area contributed by atoms with Crippen LogP contribution in [-0.2, 0) is 12.0 Å². The minimum absolute atomic E-state index is 0.0426. The van der Waals surface area contributed by atoms with Gasteiger partial charge in [-0.3, -0.25) is 4.40 Å². The maximum atomic E-state index is 9.18. The predicted molar refractivity (Wildman–Crippen MR) is 57.7 cm³/mol. The van der Waals surface area contributed by atoms with Crippen LogP contribution < -0.4 is 0 Å². The molecule has 0 bridgehead atoms. The van der Waals surface area contributed by atoms with Crippen molar-refractivity contribution >= 4 is 16.3 Å². The molecule has 0 aliphatic heterocycles. The topological polar surface area (TPSA) is 37.5 Å². The van der Waals surface area contributed by atoms with Gasteiger partial charge in [-0.05, 0) is 0 Å². The van der Waals surface area contributed by atoms with Gasteiger partial charge in [0.25, 0.3) is 0 Å². The number of nitrogens with zero attached hydrogens (tertiary/aromatic N) is 2. The molecular formula is C10H14N2OS. The molecule has 0 radical (unpaired) electrons. The van der Waals surface area contributed by atoms with E-state index in [1.807, 2.05) is 4.40 Å². The van der Waals surface area contributed by atoms with Crippen LogP contribution in [0.5, 0.6) is 0 Å². The van der Waals surface area contributed by atoms with Crippen LogP contribution in [0.1, 0.15) is 32.2 Å². The summed E-state index contributed by atoms with van der Waals surface area (Å²) >= 11 is 1.62. The molecule has 2 heterocycles.